The fourth-order valence-electron chi connectivity index (χ4n) is 3.85. The minimum Gasteiger partial charge on any atom is -0.396 e. The van der Waals surface area contributed by atoms with Crippen LogP contribution in [0.2, 0.25) is 5.02 Å². The Bertz CT molecular complexity index is 949. The number of amidine groups is 1. The van der Waals surface area contributed by atoms with Gasteiger partial charge >= 0.3 is 0 Å². The highest BCUT2D eigenvalue weighted by atomic mass is 127. The smallest absolute Gasteiger partial charge is 0.161 e. The zero-order chi connectivity index (χ0) is 22.4. The number of rotatable bonds is 9. The molecule has 1 fully saturated rings. The van der Waals surface area contributed by atoms with E-state index in [1.54, 1.807) is 18.5 Å². The molecule has 7 nitrogen and oxygen atoms in total. The molecule has 1 unspecified atom stereocenters. The Kier molecular flexibility index (Phi) is 8.94. The number of nitrogens with zero attached hydrogens (tertiary/aromatic N) is 3. The number of aromatic nitrogens is 2. The van der Waals surface area contributed by atoms with Crippen molar-refractivity contribution in [2.75, 3.05) is 37.2 Å². The van der Waals surface area contributed by atoms with E-state index in [9.17, 15) is 9.50 Å². The number of halogens is 3. The minimum absolute atomic E-state index is 0.164. The summed E-state index contributed by atoms with van der Waals surface area (Å²) in [5.41, 5.74) is 7.51. The number of piperidine rings is 1. The number of hydrogen-bond donors (Lipinski definition) is 4. The molecule has 0 aliphatic carbocycles. The van der Waals surface area contributed by atoms with Gasteiger partial charge in [0, 0.05) is 49.6 Å². The molecular weight excluding hydrogens is 534 g/mol. The van der Waals surface area contributed by atoms with Gasteiger partial charge < -0.3 is 26.0 Å². The lowest BCUT2D eigenvalue weighted by molar-refractivity contribution is 0.128. The van der Waals surface area contributed by atoms with Crippen molar-refractivity contribution in [3.8, 4) is 0 Å². The number of nitrogens with one attached hydrogen (secondary N) is 2. The van der Waals surface area contributed by atoms with E-state index in [1.165, 1.54) is 0 Å². The Hall–Kier alpha value is -1.43. The van der Waals surface area contributed by atoms with Crippen LogP contribution in [-0.4, -0.2) is 63.0 Å². The number of likely N-dealkylation sites (tertiary alicyclic amines) is 1. The monoisotopic (exact) mass is 562 g/mol. The van der Waals surface area contributed by atoms with Gasteiger partial charge in [0.1, 0.15) is 11.5 Å². The maximum atomic E-state index is 14.6. The fraction of sp³-hybridized carbons (Fsp3) is 0.524. The van der Waals surface area contributed by atoms with Crippen LogP contribution in [0.5, 0.6) is 0 Å². The van der Waals surface area contributed by atoms with Gasteiger partial charge in [0.2, 0.25) is 0 Å². The van der Waals surface area contributed by atoms with Gasteiger partial charge in [-0.3, -0.25) is 0 Å². The topological polar surface area (TPSA) is 103 Å². The van der Waals surface area contributed by atoms with Gasteiger partial charge in [-0.1, -0.05) is 41.1 Å². The van der Waals surface area contributed by atoms with E-state index in [0.717, 1.165) is 37.9 Å². The van der Waals surface area contributed by atoms with Crippen molar-refractivity contribution in [3.05, 3.63) is 40.7 Å². The lowest BCUT2D eigenvalue weighted by atomic mass is 9.97. The van der Waals surface area contributed by atoms with Crippen LogP contribution in [0.15, 0.2) is 35.1 Å². The first-order valence-electron chi connectivity index (χ1n) is 10.4. The molecule has 2 aromatic heterocycles. The minimum atomic E-state index is -0.346. The van der Waals surface area contributed by atoms with E-state index < -0.39 is 0 Å². The van der Waals surface area contributed by atoms with Gasteiger partial charge in [-0.05, 0) is 37.3 Å². The fourth-order valence-corrected chi connectivity index (χ4v) is 4.37. The normalized spacial score (nSPS) is 20.0. The van der Waals surface area contributed by atoms with Gasteiger partial charge in [0.25, 0.3) is 0 Å². The van der Waals surface area contributed by atoms with Gasteiger partial charge in [-0.2, -0.15) is 0 Å². The standard InChI is InChI=1S/C21H29ClFIN6O/c1-13(12-31)10-30-4-2-3-14(11-30)7-26-21(18(23)6-24)29-19(25)17-9-28-20-16(17)5-15(22)8-27-20/h5,8-9,13-14,26,31H,2-4,6-7,10-12H2,1H3,(H2,25,29)(H,27,28)/b21-18+/t13?,14-/m0/s1. The summed E-state index contributed by atoms with van der Waals surface area (Å²) in [6.07, 6.45) is 5.41. The van der Waals surface area contributed by atoms with Crippen molar-refractivity contribution in [3.63, 3.8) is 0 Å². The molecular formula is C21H29ClFIN6O. The van der Waals surface area contributed by atoms with Gasteiger partial charge in [0.15, 0.2) is 11.6 Å². The third kappa shape index (κ3) is 6.53. The SMILES string of the molecule is CC(CO)CN1CCC[C@@H](CNC(/N=C(\N)c2c[nH]c3ncc(Cl)cc23)=C(\F)CI)C1. The van der Waals surface area contributed by atoms with Crippen LogP contribution in [0.3, 0.4) is 0 Å². The molecule has 31 heavy (non-hydrogen) atoms. The van der Waals surface area contributed by atoms with Crippen LogP contribution in [0.25, 0.3) is 11.0 Å². The highest BCUT2D eigenvalue weighted by Gasteiger charge is 2.22. The van der Waals surface area contributed by atoms with Crippen LogP contribution in [0.4, 0.5) is 4.39 Å². The molecule has 1 aliphatic heterocycles. The predicted molar refractivity (Wildman–Crippen MR) is 132 cm³/mol. The second kappa shape index (κ2) is 11.4. The summed E-state index contributed by atoms with van der Waals surface area (Å²) in [7, 11) is 0. The zero-order valence-electron chi connectivity index (χ0n) is 17.5. The molecule has 3 rings (SSSR count). The number of aliphatic imine (C=N–C) groups is 1. The average molecular weight is 563 g/mol. The van der Waals surface area contributed by atoms with Crippen molar-refractivity contribution >= 4 is 51.1 Å². The second-order valence-corrected chi connectivity index (χ2v) is 9.27. The second-order valence-electron chi connectivity index (χ2n) is 8.07. The Morgan fingerprint density at radius 3 is 3.13 bits per heavy atom. The molecule has 0 bridgehead atoms. The van der Waals surface area contributed by atoms with Crippen molar-refractivity contribution in [2.45, 2.75) is 19.8 Å². The number of allylic oxidation sites excluding steroid dienone is 1. The van der Waals surface area contributed by atoms with Gasteiger partial charge in [0.05, 0.1) is 9.45 Å². The van der Waals surface area contributed by atoms with Crippen LogP contribution >= 0.6 is 34.2 Å². The summed E-state index contributed by atoms with van der Waals surface area (Å²) in [4.78, 5) is 14.0. The number of aliphatic hydroxyl groups is 1. The molecule has 3 heterocycles. The average Bonchev–Trinajstić information content (AvgIpc) is 3.19. The Morgan fingerprint density at radius 2 is 2.39 bits per heavy atom. The molecule has 1 saturated heterocycles. The number of fused-ring (bicyclic) bond motifs is 1. The summed E-state index contributed by atoms with van der Waals surface area (Å²) in [6.45, 7) is 5.68. The highest BCUT2D eigenvalue weighted by Crippen LogP contribution is 2.22. The molecule has 0 aromatic carbocycles. The molecule has 0 amide bonds. The summed E-state index contributed by atoms with van der Waals surface area (Å²) >= 11 is 8.04. The molecule has 170 valence electrons. The van der Waals surface area contributed by atoms with Crippen LogP contribution in [-0.2, 0) is 0 Å². The number of hydrogen-bond acceptors (Lipinski definition) is 5. The molecule has 1 aliphatic rings. The van der Waals surface area contributed by atoms with Crippen molar-refractivity contribution < 1.29 is 9.50 Å². The molecule has 2 aromatic rings. The maximum absolute atomic E-state index is 14.6. The van der Waals surface area contributed by atoms with E-state index in [1.807, 2.05) is 29.5 Å². The highest BCUT2D eigenvalue weighted by molar-refractivity contribution is 14.1. The molecule has 0 spiro atoms. The van der Waals surface area contributed by atoms with Crippen molar-refractivity contribution in [1.29, 1.82) is 0 Å². The number of pyridine rings is 1. The first kappa shape index (κ1) is 24.2. The number of H-pyrrole nitrogens is 1. The largest absolute Gasteiger partial charge is 0.396 e. The van der Waals surface area contributed by atoms with Crippen LogP contribution in [0.1, 0.15) is 25.3 Å². The summed E-state index contributed by atoms with van der Waals surface area (Å²) in [5.74, 6) is 0.643. The van der Waals surface area contributed by atoms with E-state index in [-0.39, 0.29) is 34.4 Å². The van der Waals surface area contributed by atoms with Gasteiger partial charge in [-0.25, -0.2) is 14.4 Å². The van der Waals surface area contributed by atoms with Crippen LogP contribution < -0.4 is 11.1 Å². The first-order valence-corrected chi connectivity index (χ1v) is 12.3. The maximum Gasteiger partial charge on any atom is 0.161 e. The number of alkyl halides is 1. The van der Waals surface area contributed by atoms with E-state index >= 15 is 0 Å². The third-order valence-corrected chi connectivity index (χ3v) is 6.30. The number of nitrogens with two attached hydrogens (primary N) is 1. The molecule has 0 radical (unpaired) electrons. The zero-order valence-corrected chi connectivity index (χ0v) is 20.5. The molecule has 10 heteroatoms. The number of aliphatic hydroxyl groups excluding tert-OH is 1. The summed E-state index contributed by atoms with van der Waals surface area (Å²) in [6, 6.07) is 1.76. The van der Waals surface area contributed by atoms with E-state index in [4.69, 9.17) is 17.3 Å². The molecule has 0 saturated carbocycles. The lowest BCUT2D eigenvalue weighted by Gasteiger charge is -2.34. The first-order chi connectivity index (χ1) is 14.9. The van der Waals surface area contributed by atoms with Crippen molar-refractivity contribution in [1.82, 2.24) is 20.2 Å². The summed E-state index contributed by atoms with van der Waals surface area (Å²) < 4.78 is 14.8. The molecule has 5 N–H and O–H groups in total. The van der Waals surface area contributed by atoms with E-state index in [2.05, 4.69) is 25.2 Å². The lowest BCUT2D eigenvalue weighted by Crippen LogP contribution is -2.41. The van der Waals surface area contributed by atoms with Crippen molar-refractivity contribution in [2.24, 2.45) is 22.6 Å². The van der Waals surface area contributed by atoms with Crippen LogP contribution in [0, 0.1) is 11.8 Å². The Morgan fingerprint density at radius 1 is 1.58 bits per heavy atom. The quantitative estimate of drug-likeness (QED) is 0.162. The Balaban J connectivity index is 1.71. The van der Waals surface area contributed by atoms with E-state index in [0.29, 0.717) is 28.7 Å². The predicted octanol–water partition coefficient (Wildman–Crippen LogP) is 3.43. The summed E-state index contributed by atoms with van der Waals surface area (Å²) in [5, 5.41) is 13.7. The molecule has 2 atom stereocenters. The number of aromatic amines is 1. The Labute approximate surface area is 200 Å². The van der Waals surface area contributed by atoms with Gasteiger partial charge in [-0.15, -0.1) is 0 Å². The third-order valence-electron chi connectivity index (χ3n) is 5.42.